The van der Waals surface area contributed by atoms with Crippen LogP contribution in [0.2, 0.25) is 0 Å². The summed E-state index contributed by atoms with van der Waals surface area (Å²) in [6.07, 6.45) is 0. The lowest BCUT2D eigenvalue weighted by atomic mass is 9.83. The van der Waals surface area contributed by atoms with Crippen molar-refractivity contribution in [3.63, 3.8) is 0 Å². The smallest absolute Gasteiger partial charge is 0.273 e. The number of nitrogens with zero attached hydrogens (tertiary/aromatic N) is 1. The van der Waals surface area contributed by atoms with Gasteiger partial charge < -0.3 is 9.47 Å². The van der Waals surface area contributed by atoms with Crippen LogP contribution in [0.4, 0.5) is 5.69 Å². The van der Waals surface area contributed by atoms with E-state index >= 15 is 0 Å². The van der Waals surface area contributed by atoms with Gasteiger partial charge in [-0.05, 0) is 11.5 Å². The maximum Gasteiger partial charge on any atom is 0.273 e. The van der Waals surface area contributed by atoms with E-state index in [1.807, 2.05) is 0 Å². The molecule has 0 bridgehead atoms. The lowest BCUT2D eigenvalue weighted by molar-refractivity contribution is -0.385. The Kier molecular flexibility index (Phi) is 5.80. The van der Waals surface area contributed by atoms with Crippen molar-refractivity contribution < 1.29 is 14.4 Å². The summed E-state index contributed by atoms with van der Waals surface area (Å²) in [6.45, 7) is 6.96. The number of nitro groups is 1. The molecule has 20 heavy (non-hydrogen) atoms. The molecule has 0 saturated heterocycles. The Bertz CT molecular complexity index is 471. The monoisotopic (exact) mass is 345 g/mol. The van der Waals surface area contributed by atoms with Crippen LogP contribution in [0.1, 0.15) is 20.8 Å². The number of methoxy groups -OCH3 is 1. The van der Waals surface area contributed by atoms with Gasteiger partial charge in [-0.3, -0.25) is 10.1 Å². The molecule has 1 aromatic rings. The minimum Gasteiger partial charge on any atom is -0.493 e. The fourth-order valence-corrected chi connectivity index (χ4v) is 2.76. The Morgan fingerprint density at radius 2 is 2.00 bits per heavy atom. The highest BCUT2D eigenvalue weighted by Gasteiger charge is 2.24. The fourth-order valence-electron chi connectivity index (χ4n) is 1.61. The SMILES string of the molecule is COc1cc([N+](=O)[O-])ccc1OCC(CBr)C(C)(C)C. The summed E-state index contributed by atoms with van der Waals surface area (Å²) in [7, 11) is 1.47. The van der Waals surface area contributed by atoms with Crippen LogP contribution in [0, 0.1) is 21.4 Å². The van der Waals surface area contributed by atoms with Gasteiger partial charge in [-0.1, -0.05) is 36.7 Å². The highest BCUT2D eigenvalue weighted by molar-refractivity contribution is 9.09. The van der Waals surface area contributed by atoms with Crippen LogP contribution in [0.5, 0.6) is 11.5 Å². The van der Waals surface area contributed by atoms with Crippen molar-refractivity contribution in [2.75, 3.05) is 19.0 Å². The lowest BCUT2D eigenvalue weighted by Gasteiger charge is -2.29. The van der Waals surface area contributed by atoms with Crippen molar-refractivity contribution in [2.45, 2.75) is 20.8 Å². The van der Waals surface area contributed by atoms with Crippen molar-refractivity contribution in [2.24, 2.45) is 11.3 Å². The van der Waals surface area contributed by atoms with Crippen LogP contribution in [0.25, 0.3) is 0 Å². The maximum absolute atomic E-state index is 10.7. The second-order valence-electron chi connectivity index (χ2n) is 5.62. The number of ether oxygens (including phenoxy) is 2. The van der Waals surface area contributed by atoms with Gasteiger partial charge in [0, 0.05) is 17.3 Å². The maximum atomic E-state index is 10.7. The van der Waals surface area contributed by atoms with Crippen molar-refractivity contribution in [3.05, 3.63) is 28.3 Å². The third-order valence-corrected chi connectivity index (χ3v) is 3.99. The third-order valence-electron chi connectivity index (χ3n) is 3.21. The minimum absolute atomic E-state index is 0.0120. The highest BCUT2D eigenvalue weighted by Crippen LogP contribution is 2.33. The third kappa shape index (κ3) is 4.37. The molecule has 6 heteroatoms. The number of benzene rings is 1. The van der Waals surface area contributed by atoms with Gasteiger partial charge in [0.1, 0.15) is 0 Å². The van der Waals surface area contributed by atoms with E-state index < -0.39 is 4.92 Å². The molecule has 1 rings (SSSR count). The number of rotatable bonds is 6. The zero-order chi connectivity index (χ0) is 15.3. The van der Waals surface area contributed by atoms with Gasteiger partial charge in [-0.2, -0.15) is 0 Å². The summed E-state index contributed by atoms with van der Waals surface area (Å²) in [5.41, 5.74) is 0.0967. The Balaban J connectivity index is 2.85. The molecule has 0 aromatic heterocycles. The fraction of sp³-hybridized carbons (Fsp3) is 0.571. The van der Waals surface area contributed by atoms with E-state index in [1.54, 1.807) is 6.07 Å². The highest BCUT2D eigenvalue weighted by atomic mass is 79.9. The van der Waals surface area contributed by atoms with Gasteiger partial charge in [0.15, 0.2) is 11.5 Å². The molecule has 0 fully saturated rings. The molecule has 1 aromatic carbocycles. The summed E-state index contributed by atoms with van der Waals surface area (Å²) in [4.78, 5) is 10.3. The number of hydrogen-bond donors (Lipinski definition) is 0. The number of hydrogen-bond acceptors (Lipinski definition) is 4. The molecule has 1 atom stereocenters. The summed E-state index contributed by atoms with van der Waals surface area (Å²) in [5.74, 6) is 1.22. The first kappa shape index (κ1) is 16.8. The molecule has 0 aliphatic carbocycles. The van der Waals surface area contributed by atoms with E-state index in [4.69, 9.17) is 9.47 Å². The summed E-state index contributed by atoms with van der Waals surface area (Å²) < 4.78 is 10.9. The predicted octanol–water partition coefficient (Wildman–Crippen LogP) is 4.04. The van der Waals surface area contributed by atoms with Crippen LogP contribution in [0.3, 0.4) is 0 Å². The minimum atomic E-state index is -0.456. The Morgan fingerprint density at radius 3 is 2.45 bits per heavy atom. The normalized spacial score (nSPS) is 12.8. The molecule has 5 nitrogen and oxygen atoms in total. The summed E-state index contributed by atoms with van der Waals surface area (Å²) >= 11 is 3.49. The molecular weight excluding hydrogens is 326 g/mol. The van der Waals surface area contributed by atoms with E-state index in [9.17, 15) is 10.1 Å². The molecule has 0 amide bonds. The molecule has 0 heterocycles. The van der Waals surface area contributed by atoms with Crippen LogP contribution >= 0.6 is 15.9 Å². The van der Waals surface area contributed by atoms with Crippen LogP contribution in [0.15, 0.2) is 18.2 Å². The van der Waals surface area contributed by atoms with Gasteiger partial charge in [0.05, 0.1) is 24.7 Å². The lowest BCUT2D eigenvalue weighted by Crippen LogP contribution is -2.27. The quantitative estimate of drug-likeness (QED) is 0.443. The number of alkyl halides is 1. The molecular formula is C14H20BrNO4. The van der Waals surface area contributed by atoms with E-state index in [1.165, 1.54) is 19.2 Å². The van der Waals surface area contributed by atoms with Crippen molar-refractivity contribution >= 4 is 21.6 Å². The van der Waals surface area contributed by atoms with Crippen molar-refractivity contribution in [1.82, 2.24) is 0 Å². The molecule has 0 N–H and O–H groups in total. The van der Waals surface area contributed by atoms with Crippen LogP contribution in [-0.4, -0.2) is 24.0 Å². The molecule has 0 radical (unpaired) electrons. The molecule has 1 unspecified atom stereocenters. The number of halogens is 1. The Labute approximate surface area is 127 Å². The van der Waals surface area contributed by atoms with Crippen LogP contribution < -0.4 is 9.47 Å². The second-order valence-corrected chi connectivity index (χ2v) is 6.27. The summed E-state index contributed by atoms with van der Waals surface area (Å²) in [6, 6.07) is 4.36. The molecule has 0 saturated carbocycles. The largest absolute Gasteiger partial charge is 0.493 e. The van der Waals surface area contributed by atoms with E-state index in [2.05, 4.69) is 36.7 Å². The summed E-state index contributed by atoms with van der Waals surface area (Å²) in [5, 5.41) is 11.6. The standard InChI is InChI=1S/C14H20BrNO4/c1-14(2,3)10(8-15)9-20-12-6-5-11(16(17)18)7-13(12)19-4/h5-7,10H,8-9H2,1-4H3. The predicted molar refractivity (Wildman–Crippen MR) is 81.9 cm³/mol. The first-order valence-corrected chi connectivity index (χ1v) is 7.43. The number of non-ortho nitro benzene ring substituents is 1. The van der Waals surface area contributed by atoms with E-state index in [-0.39, 0.29) is 11.1 Å². The first-order chi connectivity index (χ1) is 9.29. The average Bonchev–Trinajstić information content (AvgIpc) is 2.37. The molecule has 0 aliphatic heterocycles. The van der Waals surface area contributed by atoms with Crippen molar-refractivity contribution in [3.8, 4) is 11.5 Å². The van der Waals surface area contributed by atoms with E-state index in [0.29, 0.717) is 24.0 Å². The Morgan fingerprint density at radius 1 is 1.35 bits per heavy atom. The first-order valence-electron chi connectivity index (χ1n) is 6.30. The molecule has 112 valence electrons. The van der Waals surface area contributed by atoms with Gasteiger partial charge in [0.25, 0.3) is 5.69 Å². The zero-order valence-electron chi connectivity index (χ0n) is 12.2. The van der Waals surface area contributed by atoms with Gasteiger partial charge in [-0.15, -0.1) is 0 Å². The van der Waals surface area contributed by atoms with Gasteiger partial charge >= 0.3 is 0 Å². The Hall–Kier alpha value is -1.30. The molecule has 0 spiro atoms. The topological polar surface area (TPSA) is 61.6 Å². The zero-order valence-corrected chi connectivity index (χ0v) is 13.8. The molecule has 0 aliphatic rings. The van der Waals surface area contributed by atoms with Gasteiger partial charge in [0.2, 0.25) is 0 Å². The van der Waals surface area contributed by atoms with Crippen LogP contribution in [-0.2, 0) is 0 Å². The van der Waals surface area contributed by atoms with E-state index in [0.717, 1.165) is 5.33 Å². The van der Waals surface area contributed by atoms with Crippen molar-refractivity contribution in [1.29, 1.82) is 0 Å². The number of nitro benzene ring substituents is 1. The second kappa shape index (κ2) is 6.92. The average molecular weight is 346 g/mol. The van der Waals surface area contributed by atoms with Gasteiger partial charge in [-0.25, -0.2) is 0 Å².